The van der Waals surface area contributed by atoms with E-state index >= 15 is 0 Å². The number of carbonyl (C=O) groups is 2. The highest BCUT2D eigenvalue weighted by Gasteiger charge is 2.76. The van der Waals surface area contributed by atoms with E-state index in [4.69, 9.17) is 14.2 Å². The number of ether oxygens (including phenoxy) is 3. The molecule has 1 N–H and O–H groups in total. The lowest BCUT2D eigenvalue weighted by molar-refractivity contribution is -0.225. The first-order valence-corrected chi connectivity index (χ1v) is 14.6. The van der Waals surface area contributed by atoms with Crippen molar-refractivity contribution in [3.05, 3.63) is 66.3 Å². The van der Waals surface area contributed by atoms with Crippen LogP contribution in [0.1, 0.15) is 53.4 Å². The Hall–Kier alpha value is -2.80. The van der Waals surface area contributed by atoms with Crippen molar-refractivity contribution in [2.45, 2.75) is 77.0 Å². The molecule has 210 valence electrons. The van der Waals surface area contributed by atoms with Crippen molar-refractivity contribution in [3.63, 3.8) is 0 Å². The zero-order chi connectivity index (χ0) is 28.1. The summed E-state index contributed by atoms with van der Waals surface area (Å²) in [5.74, 6) is -0.0895. The minimum Gasteiger partial charge on any atom is -0.486 e. The number of hydrogen-bond donors (Lipinski definition) is 1. The van der Waals surface area contributed by atoms with Crippen LogP contribution < -0.4 is 4.74 Å². The van der Waals surface area contributed by atoms with Crippen LogP contribution >= 0.6 is 0 Å². The molecule has 0 spiro atoms. The quantitative estimate of drug-likeness (QED) is 0.544. The van der Waals surface area contributed by atoms with Crippen molar-refractivity contribution in [2.24, 2.45) is 28.6 Å². The van der Waals surface area contributed by atoms with Crippen molar-refractivity contribution in [3.8, 4) is 5.75 Å². The summed E-state index contributed by atoms with van der Waals surface area (Å²) in [5, 5.41) is 14.0. The van der Waals surface area contributed by atoms with Gasteiger partial charge >= 0.3 is 0 Å². The first kappa shape index (κ1) is 26.1. The fourth-order valence-corrected chi connectivity index (χ4v) is 9.43. The highest BCUT2D eigenvalue weighted by molar-refractivity contribution is 6.01. The number of rotatable bonds is 4. The summed E-state index contributed by atoms with van der Waals surface area (Å²) in [4.78, 5) is 26.5. The van der Waals surface area contributed by atoms with Gasteiger partial charge in [0.15, 0.2) is 17.2 Å². The van der Waals surface area contributed by atoms with Crippen molar-refractivity contribution in [2.75, 3.05) is 6.61 Å². The maximum atomic E-state index is 14.4. The van der Waals surface area contributed by atoms with E-state index in [0.717, 1.165) is 29.2 Å². The zero-order valence-electron chi connectivity index (χ0n) is 23.7. The number of hydrogen-bond acceptors (Lipinski definition) is 6. The Kier molecular flexibility index (Phi) is 5.62. The standard InChI is InChI=1S/C34H38O6/c1-31(2)39-29-17-26-25-12-10-22-16-23(35)13-14-32(22,3)30(25)27(36)18-33(26,4)34(29,40-31)28(37)19-38-24-11-9-20-7-5-6-8-21(20)15-24/h5-9,11,13-16,25-27,29-30,36H,10,12,17-19H2,1-4H3/t25?,26?,27-,29+,30?,32?,33?,34+/m0/s1. The van der Waals surface area contributed by atoms with Crippen LogP contribution in [-0.4, -0.2) is 46.9 Å². The van der Waals surface area contributed by atoms with Gasteiger partial charge in [-0.1, -0.05) is 55.8 Å². The summed E-state index contributed by atoms with van der Waals surface area (Å²) < 4.78 is 19.3. The van der Waals surface area contributed by atoms with Crippen LogP contribution in [0.3, 0.4) is 0 Å². The van der Waals surface area contributed by atoms with Crippen LogP contribution in [0, 0.1) is 28.6 Å². The Morgan fingerprint density at radius 1 is 1.10 bits per heavy atom. The van der Waals surface area contributed by atoms with Crippen LogP contribution in [0.5, 0.6) is 5.75 Å². The van der Waals surface area contributed by atoms with Crippen molar-refractivity contribution >= 4 is 22.3 Å². The Labute approximate surface area is 235 Å². The zero-order valence-corrected chi connectivity index (χ0v) is 23.7. The molecule has 6 nitrogen and oxygen atoms in total. The van der Waals surface area contributed by atoms with Gasteiger partial charge in [-0.3, -0.25) is 9.59 Å². The van der Waals surface area contributed by atoms with E-state index in [1.54, 1.807) is 12.2 Å². The van der Waals surface area contributed by atoms with E-state index in [0.29, 0.717) is 18.6 Å². The van der Waals surface area contributed by atoms with Gasteiger partial charge in [-0.25, -0.2) is 0 Å². The molecule has 0 bridgehead atoms. The second kappa shape index (κ2) is 8.60. The summed E-state index contributed by atoms with van der Waals surface area (Å²) in [6.07, 6.45) is 7.20. The molecule has 0 aromatic heterocycles. The Morgan fingerprint density at radius 3 is 2.67 bits per heavy atom. The lowest BCUT2D eigenvalue weighted by Gasteiger charge is -2.59. The number of Topliss-reactive ketones (excluding diaryl/α,β-unsaturated/α-hetero) is 1. The number of aliphatic hydroxyl groups excluding tert-OH is 1. The maximum absolute atomic E-state index is 14.4. The monoisotopic (exact) mass is 542 g/mol. The summed E-state index contributed by atoms with van der Waals surface area (Å²) >= 11 is 0. The third-order valence-electron chi connectivity index (χ3n) is 11.0. The summed E-state index contributed by atoms with van der Waals surface area (Å²) in [5.41, 5.74) is -1.08. The molecule has 3 saturated carbocycles. The molecule has 2 aromatic carbocycles. The normalized spacial score (nSPS) is 41.1. The number of allylic oxidation sites excluding steroid dienone is 4. The Balaban J connectivity index is 1.22. The maximum Gasteiger partial charge on any atom is 0.205 e. The van der Waals surface area contributed by atoms with Gasteiger partial charge in [0.1, 0.15) is 12.4 Å². The average molecular weight is 543 g/mol. The molecule has 7 rings (SSSR count). The van der Waals surface area contributed by atoms with E-state index in [1.165, 1.54) is 0 Å². The number of benzene rings is 2. The highest BCUT2D eigenvalue weighted by Crippen LogP contribution is 2.70. The summed E-state index contributed by atoms with van der Waals surface area (Å²) in [6, 6.07) is 13.9. The molecule has 0 radical (unpaired) electrons. The number of carbonyl (C=O) groups excluding carboxylic acids is 2. The summed E-state index contributed by atoms with van der Waals surface area (Å²) in [6.45, 7) is 7.90. The van der Waals surface area contributed by atoms with E-state index in [1.807, 2.05) is 62.4 Å². The van der Waals surface area contributed by atoms with Crippen LogP contribution in [0.2, 0.25) is 0 Å². The first-order chi connectivity index (χ1) is 19.0. The SMILES string of the molecule is CC1(C)O[C@@H]2CC3C4CCC5=CC(=O)C=CC5(C)C4[C@@H](O)CC3(C)[C@]2(C(=O)COc2ccc3ccccc3c2)O1. The van der Waals surface area contributed by atoms with Crippen molar-refractivity contribution in [1.82, 2.24) is 0 Å². The largest absolute Gasteiger partial charge is 0.486 e. The smallest absolute Gasteiger partial charge is 0.205 e. The average Bonchev–Trinajstić information content (AvgIpc) is 3.32. The molecule has 0 amide bonds. The van der Waals surface area contributed by atoms with Crippen molar-refractivity contribution in [1.29, 1.82) is 0 Å². The van der Waals surface area contributed by atoms with Gasteiger partial charge in [0.25, 0.3) is 0 Å². The van der Waals surface area contributed by atoms with Crippen LogP contribution in [0.4, 0.5) is 0 Å². The molecule has 6 heteroatoms. The topological polar surface area (TPSA) is 82.1 Å². The fourth-order valence-electron chi connectivity index (χ4n) is 9.43. The molecule has 1 heterocycles. The van der Waals surface area contributed by atoms with Gasteiger partial charge in [0, 0.05) is 16.7 Å². The molecular formula is C34H38O6. The Bertz CT molecular complexity index is 1470. The second-order valence-electron chi connectivity index (χ2n) is 13.5. The van der Waals surface area contributed by atoms with Gasteiger partial charge in [0.05, 0.1) is 12.2 Å². The second-order valence-corrected chi connectivity index (χ2v) is 13.5. The third kappa shape index (κ3) is 3.52. The van der Waals surface area contributed by atoms with E-state index in [9.17, 15) is 14.7 Å². The molecule has 4 fully saturated rings. The van der Waals surface area contributed by atoms with Gasteiger partial charge in [0.2, 0.25) is 5.78 Å². The van der Waals surface area contributed by atoms with E-state index in [2.05, 4.69) is 13.8 Å². The minimum atomic E-state index is -1.21. The number of ketones is 2. The van der Waals surface area contributed by atoms with E-state index in [-0.39, 0.29) is 41.3 Å². The van der Waals surface area contributed by atoms with Crippen LogP contribution in [-0.2, 0) is 19.1 Å². The van der Waals surface area contributed by atoms with Gasteiger partial charge < -0.3 is 19.3 Å². The van der Waals surface area contributed by atoms with Crippen molar-refractivity contribution < 1.29 is 28.9 Å². The lowest BCUT2D eigenvalue weighted by Crippen LogP contribution is -2.64. The number of aliphatic hydroxyl groups is 1. The molecule has 8 atom stereocenters. The predicted molar refractivity (Wildman–Crippen MR) is 151 cm³/mol. The summed E-state index contributed by atoms with van der Waals surface area (Å²) in [7, 11) is 0. The van der Waals surface area contributed by atoms with Gasteiger partial charge in [-0.2, -0.15) is 0 Å². The van der Waals surface area contributed by atoms with E-state index < -0.39 is 29.0 Å². The van der Waals surface area contributed by atoms with Crippen LogP contribution in [0.15, 0.2) is 66.3 Å². The Morgan fingerprint density at radius 2 is 1.88 bits per heavy atom. The lowest BCUT2D eigenvalue weighted by atomic mass is 9.46. The first-order valence-electron chi connectivity index (χ1n) is 14.6. The minimum absolute atomic E-state index is 0.0245. The molecule has 1 saturated heterocycles. The van der Waals surface area contributed by atoms with Gasteiger partial charge in [-0.15, -0.1) is 0 Å². The molecular weight excluding hydrogens is 504 g/mol. The van der Waals surface area contributed by atoms with Crippen LogP contribution in [0.25, 0.3) is 10.8 Å². The third-order valence-corrected chi connectivity index (χ3v) is 11.0. The molecule has 5 unspecified atom stereocenters. The molecule has 5 aliphatic rings. The molecule has 2 aromatic rings. The molecule has 4 aliphatic carbocycles. The number of fused-ring (bicyclic) bond motifs is 8. The molecule has 1 aliphatic heterocycles. The highest BCUT2D eigenvalue weighted by atomic mass is 16.8. The predicted octanol–water partition coefficient (Wildman–Crippen LogP) is 5.57. The molecule has 40 heavy (non-hydrogen) atoms. The van der Waals surface area contributed by atoms with Gasteiger partial charge in [-0.05, 0) is 86.4 Å². The fraction of sp³-hybridized carbons (Fsp3) is 0.529.